The van der Waals surface area contributed by atoms with Gasteiger partial charge in [-0.2, -0.15) is 0 Å². The van der Waals surface area contributed by atoms with Crippen LogP contribution < -0.4 is 20.7 Å². The number of piperidine rings is 1. The molecule has 1 aromatic carbocycles. The molecular weight excluding hydrogens is 356 g/mol. The van der Waals surface area contributed by atoms with Crippen LogP contribution >= 0.6 is 0 Å². The number of nitrogens with two attached hydrogens (primary N) is 1. The van der Waals surface area contributed by atoms with Gasteiger partial charge in [0.25, 0.3) is 5.91 Å². The number of carbonyl (C=O) groups is 1. The number of aromatic nitrogens is 3. The molecule has 3 N–H and O–H groups in total. The molecule has 144 valence electrons. The summed E-state index contributed by atoms with van der Waals surface area (Å²) in [5.74, 6) is 2.22. The van der Waals surface area contributed by atoms with Gasteiger partial charge in [0.15, 0.2) is 0 Å². The molecule has 1 saturated heterocycles. The van der Waals surface area contributed by atoms with Gasteiger partial charge in [-0.05, 0) is 24.0 Å². The second kappa shape index (κ2) is 6.20. The van der Waals surface area contributed by atoms with Gasteiger partial charge in [-0.1, -0.05) is 0 Å². The molecule has 0 radical (unpaired) electrons. The van der Waals surface area contributed by atoms with Crippen molar-refractivity contribution >= 4 is 28.2 Å². The third-order valence-corrected chi connectivity index (χ3v) is 5.79. The number of hydrogen-bond donors (Lipinski definition) is 2. The summed E-state index contributed by atoms with van der Waals surface area (Å²) in [7, 11) is 3.54. The maximum absolute atomic E-state index is 12.7. The lowest BCUT2D eigenvalue weighted by molar-refractivity contribution is 0.102. The first-order valence-electron chi connectivity index (χ1n) is 9.31. The van der Waals surface area contributed by atoms with Gasteiger partial charge in [-0.15, -0.1) is 0 Å². The Bertz CT molecular complexity index is 1050. The van der Waals surface area contributed by atoms with Crippen LogP contribution in [0, 0.1) is 11.8 Å². The highest BCUT2D eigenvalue weighted by Crippen LogP contribution is 2.44. The van der Waals surface area contributed by atoms with Crippen LogP contribution in [0.5, 0.6) is 5.75 Å². The molecule has 0 spiro atoms. The Morgan fingerprint density at radius 1 is 1.18 bits per heavy atom. The fourth-order valence-electron chi connectivity index (χ4n) is 4.13. The van der Waals surface area contributed by atoms with Crippen LogP contribution in [0.3, 0.4) is 0 Å². The molecule has 3 heterocycles. The van der Waals surface area contributed by atoms with Gasteiger partial charge in [0.2, 0.25) is 0 Å². The van der Waals surface area contributed by atoms with Gasteiger partial charge >= 0.3 is 0 Å². The quantitative estimate of drug-likeness (QED) is 0.716. The first-order chi connectivity index (χ1) is 13.5. The Morgan fingerprint density at radius 2 is 1.89 bits per heavy atom. The predicted molar refractivity (Wildman–Crippen MR) is 107 cm³/mol. The molecule has 2 aliphatic rings. The minimum atomic E-state index is -0.320. The van der Waals surface area contributed by atoms with Crippen LogP contribution in [-0.4, -0.2) is 46.7 Å². The van der Waals surface area contributed by atoms with Crippen molar-refractivity contribution in [3.05, 3.63) is 42.6 Å². The number of hydrogen-bond acceptors (Lipinski definition) is 6. The van der Waals surface area contributed by atoms with Gasteiger partial charge in [0.1, 0.15) is 17.3 Å². The van der Waals surface area contributed by atoms with Crippen LogP contribution in [0.1, 0.15) is 10.5 Å². The third kappa shape index (κ3) is 2.77. The summed E-state index contributed by atoms with van der Waals surface area (Å²) < 4.78 is 7.40. The zero-order valence-corrected chi connectivity index (χ0v) is 15.8. The van der Waals surface area contributed by atoms with Crippen molar-refractivity contribution in [1.29, 1.82) is 0 Å². The van der Waals surface area contributed by atoms with Crippen LogP contribution in [0.4, 0.5) is 11.5 Å². The highest BCUT2D eigenvalue weighted by molar-refractivity contribution is 6.05. The molecule has 5 rings (SSSR count). The van der Waals surface area contributed by atoms with Gasteiger partial charge < -0.3 is 25.3 Å². The smallest absolute Gasteiger partial charge is 0.275 e. The number of benzene rings is 1. The van der Waals surface area contributed by atoms with E-state index in [9.17, 15) is 4.79 Å². The van der Waals surface area contributed by atoms with E-state index in [1.165, 1.54) is 6.20 Å². The number of fused-ring (bicyclic) bond motifs is 2. The van der Waals surface area contributed by atoms with E-state index < -0.39 is 0 Å². The topological polar surface area (TPSA) is 98.3 Å². The fraction of sp³-hybridized carbons (Fsp3) is 0.350. The Labute approximate surface area is 162 Å². The number of nitrogens with zero attached hydrogens (tertiary/aromatic N) is 4. The van der Waals surface area contributed by atoms with Gasteiger partial charge in [0.05, 0.1) is 25.2 Å². The van der Waals surface area contributed by atoms with E-state index >= 15 is 0 Å². The minimum Gasteiger partial charge on any atom is -0.495 e. The average Bonchev–Trinajstić information content (AvgIpc) is 3.05. The van der Waals surface area contributed by atoms with Crippen LogP contribution in [-0.2, 0) is 7.05 Å². The van der Waals surface area contributed by atoms with Crippen molar-refractivity contribution in [1.82, 2.24) is 14.5 Å². The van der Waals surface area contributed by atoms with Crippen LogP contribution in [0.2, 0.25) is 0 Å². The molecule has 28 heavy (non-hydrogen) atoms. The normalized spacial score (nSPS) is 23.0. The number of rotatable bonds is 4. The molecule has 2 aromatic heterocycles. The standard InChI is InChI=1S/C20H22N6O2/c1-25-7-11-3-15(17(28-2)4-12(11)8-25)24-20(27)16-5-23-18(6-22-16)26-9-13-14(10-26)19(13)21/h3-8,13-14,19H,9-10,21H2,1-2H3,(H,24,27). The Kier molecular flexibility index (Phi) is 3.77. The molecule has 8 nitrogen and oxygen atoms in total. The second-order valence-corrected chi connectivity index (χ2v) is 7.63. The van der Waals surface area contributed by atoms with Gasteiger partial charge in [0, 0.05) is 49.3 Å². The van der Waals surface area contributed by atoms with Crippen molar-refractivity contribution < 1.29 is 9.53 Å². The molecule has 0 bridgehead atoms. The van der Waals surface area contributed by atoms with Gasteiger partial charge in [-0.3, -0.25) is 4.79 Å². The molecule has 1 aliphatic carbocycles. The van der Waals surface area contributed by atoms with E-state index in [1.54, 1.807) is 13.3 Å². The van der Waals surface area contributed by atoms with E-state index in [2.05, 4.69) is 20.2 Å². The number of carbonyl (C=O) groups excluding carboxylic acids is 1. The molecular formula is C20H22N6O2. The first kappa shape index (κ1) is 17.0. The molecule has 2 unspecified atom stereocenters. The average molecular weight is 378 g/mol. The lowest BCUT2D eigenvalue weighted by Crippen LogP contribution is -2.29. The maximum atomic E-state index is 12.7. The number of nitrogens with one attached hydrogen (secondary N) is 1. The summed E-state index contributed by atoms with van der Waals surface area (Å²) in [5.41, 5.74) is 6.85. The van der Waals surface area contributed by atoms with Crippen molar-refractivity contribution in [2.75, 3.05) is 30.4 Å². The van der Waals surface area contributed by atoms with E-state index in [1.807, 2.05) is 36.1 Å². The summed E-state index contributed by atoms with van der Waals surface area (Å²) in [6.07, 6.45) is 7.17. The lowest BCUT2D eigenvalue weighted by Gasteiger charge is -2.19. The van der Waals surface area contributed by atoms with Crippen molar-refractivity contribution in [3.8, 4) is 5.75 Å². The molecule has 2 fully saturated rings. The number of amides is 1. The van der Waals surface area contributed by atoms with Crippen LogP contribution in [0.15, 0.2) is 36.9 Å². The number of anilines is 2. The van der Waals surface area contributed by atoms with E-state index in [-0.39, 0.29) is 11.6 Å². The molecule has 2 atom stereocenters. The van der Waals surface area contributed by atoms with Crippen molar-refractivity contribution in [3.63, 3.8) is 0 Å². The molecule has 1 amide bonds. The molecule has 1 aliphatic heterocycles. The second-order valence-electron chi connectivity index (χ2n) is 7.63. The Balaban J connectivity index is 1.33. The SMILES string of the molecule is COc1cc2cn(C)cc2cc1NC(=O)c1cnc(N2CC3C(N)C3C2)cn1. The number of aryl methyl sites for hydroxylation is 1. The Hall–Kier alpha value is -3.13. The number of ether oxygens (including phenoxy) is 1. The number of methoxy groups -OCH3 is 1. The monoisotopic (exact) mass is 378 g/mol. The van der Waals surface area contributed by atoms with E-state index in [0.717, 1.165) is 29.7 Å². The van der Waals surface area contributed by atoms with Gasteiger partial charge in [-0.25, -0.2) is 9.97 Å². The molecule has 1 saturated carbocycles. The Morgan fingerprint density at radius 3 is 2.54 bits per heavy atom. The van der Waals surface area contributed by atoms with Crippen molar-refractivity contribution in [2.24, 2.45) is 24.6 Å². The maximum Gasteiger partial charge on any atom is 0.275 e. The highest BCUT2D eigenvalue weighted by atomic mass is 16.5. The summed E-state index contributed by atoms with van der Waals surface area (Å²) in [5, 5.41) is 4.95. The lowest BCUT2D eigenvalue weighted by atomic mass is 10.2. The summed E-state index contributed by atoms with van der Waals surface area (Å²) in [4.78, 5) is 23.6. The zero-order chi connectivity index (χ0) is 19.4. The summed E-state index contributed by atoms with van der Waals surface area (Å²) >= 11 is 0. The van der Waals surface area contributed by atoms with E-state index in [4.69, 9.17) is 10.5 Å². The predicted octanol–water partition coefficient (Wildman–Crippen LogP) is 1.62. The summed E-state index contributed by atoms with van der Waals surface area (Å²) in [6.45, 7) is 1.83. The molecule has 3 aromatic rings. The zero-order valence-electron chi connectivity index (χ0n) is 15.8. The minimum absolute atomic E-state index is 0.264. The van der Waals surface area contributed by atoms with Crippen LogP contribution in [0.25, 0.3) is 10.8 Å². The molecule has 8 heteroatoms. The third-order valence-electron chi connectivity index (χ3n) is 5.79. The van der Waals surface area contributed by atoms with Crippen molar-refractivity contribution in [2.45, 2.75) is 6.04 Å². The largest absolute Gasteiger partial charge is 0.495 e. The fourth-order valence-corrected chi connectivity index (χ4v) is 4.13. The summed E-state index contributed by atoms with van der Waals surface area (Å²) in [6, 6.07) is 4.14. The highest BCUT2D eigenvalue weighted by Gasteiger charge is 2.53. The first-order valence-corrected chi connectivity index (χ1v) is 9.31. The van der Waals surface area contributed by atoms with E-state index in [0.29, 0.717) is 29.3 Å².